The van der Waals surface area contributed by atoms with Gasteiger partial charge >= 0.3 is 5.97 Å². The van der Waals surface area contributed by atoms with Gasteiger partial charge in [-0.2, -0.15) is 0 Å². The largest absolute Gasteiger partial charge is 0.508 e. The summed E-state index contributed by atoms with van der Waals surface area (Å²) in [6.45, 7) is 0.343. The Kier molecular flexibility index (Phi) is 3.73. The number of ether oxygens (including phenoxy) is 1. The van der Waals surface area contributed by atoms with E-state index in [9.17, 15) is 15.0 Å². The number of aromatic hydroxyl groups is 1. The van der Waals surface area contributed by atoms with Crippen LogP contribution in [0.3, 0.4) is 0 Å². The van der Waals surface area contributed by atoms with Gasteiger partial charge in [-0.15, -0.1) is 0 Å². The van der Waals surface area contributed by atoms with Crippen LogP contribution in [0.4, 0.5) is 0 Å². The molecule has 0 saturated carbocycles. The highest BCUT2D eigenvalue weighted by atomic mass is 16.5. The van der Waals surface area contributed by atoms with E-state index in [2.05, 4.69) is 0 Å². The molecule has 5 nitrogen and oxygen atoms in total. The van der Waals surface area contributed by atoms with E-state index < -0.39 is 12.1 Å². The zero-order chi connectivity index (χ0) is 15.7. The summed E-state index contributed by atoms with van der Waals surface area (Å²) in [5, 5.41) is 29.1. The molecule has 0 spiro atoms. The van der Waals surface area contributed by atoms with Crippen LogP contribution < -0.4 is 4.74 Å². The van der Waals surface area contributed by atoms with E-state index in [0.717, 1.165) is 5.56 Å². The second-order valence-electron chi connectivity index (χ2n) is 5.45. The Hall–Kier alpha value is -2.53. The third-order valence-corrected chi connectivity index (χ3v) is 3.88. The molecule has 2 atom stereocenters. The van der Waals surface area contributed by atoms with Gasteiger partial charge in [-0.25, -0.2) is 4.79 Å². The molecule has 0 fully saturated rings. The molecule has 2 aromatic rings. The summed E-state index contributed by atoms with van der Waals surface area (Å²) >= 11 is 0. The van der Waals surface area contributed by atoms with Crippen molar-refractivity contribution in [1.29, 1.82) is 0 Å². The summed E-state index contributed by atoms with van der Waals surface area (Å²) in [5.74, 6) is -0.522. The lowest BCUT2D eigenvalue weighted by atomic mass is 9.88. The highest BCUT2D eigenvalue weighted by Gasteiger charge is 2.29. The molecular formula is C17H16O5. The number of rotatable bonds is 3. The average Bonchev–Trinajstić information content (AvgIpc) is 2.51. The highest BCUT2D eigenvalue weighted by molar-refractivity contribution is 5.87. The number of hydrogen-bond donors (Lipinski definition) is 3. The summed E-state index contributed by atoms with van der Waals surface area (Å²) < 4.78 is 5.62. The number of hydrogen-bond acceptors (Lipinski definition) is 4. The van der Waals surface area contributed by atoms with Gasteiger partial charge in [-0.3, -0.25) is 0 Å². The topological polar surface area (TPSA) is 87.0 Å². The first-order valence-electron chi connectivity index (χ1n) is 7.00. The van der Waals surface area contributed by atoms with Crippen LogP contribution in [0.15, 0.2) is 42.5 Å². The summed E-state index contributed by atoms with van der Waals surface area (Å²) in [4.78, 5) is 11.0. The van der Waals surface area contributed by atoms with Crippen LogP contribution in [0.25, 0.3) is 0 Å². The number of carboxylic acids is 1. The Labute approximate surface area is 127 Å². The predicted octanol–water partition coefficient (Wildman–Crippen LogP) is 2.38. The predicted molar refractivity (Wildman–Crippen MR) is 79.2 cm³/mol. The molecule has 0 radical (unpaired) electrons. The summed E-state index contributed by atoms with van der Waals surface area (Å²) in [6.07, 6.45) is -0.262. The fourth-order valence-corrected chi connectivity index (χ4v) is 2.74. The molecule has 0 saturated heterocycles. The van der Waals surface area contributed by atoms with Crippen molar-refractivity contribution in [1.82, 2.24) is 0 Å². The van der Waals surface area contributed by atoms with Gasteiger partial charge in [0.15, 0.2) is 0 Å². The first-order chi connectivity index (χ1) is 10.5. The number of benzene rings is 2. The Morgan fingerprint density at radius 2 is 2.05 bits per heavy atom. The fraction of sp³-hybridized carbons (Fsp3) is 0.235. The minimum atomic E-state index is -0.974. The van der Waals surface area contributed by atoms with Crippen molar-refractivity contribution in [2.24, 2.45) is 5.92 Å². The van der Waals surface area contributed by atoms with Crippen molar-refractivity contribution < 1.29 is 24.9 Å². The molecule has 0 aliphatic carbocycles. The van der Waals surface area contributed by atoms with Crippen molar-refractivity contribution in [2.75, 3.05) is 6.61 Å². The maximum absolute atomic E-state index is 11.0. The van der Waals surface area contributed by atoms with Crippen molar-refractivity contribution in [3.8, 4) is 11.5 Å². The molecule has 0 amide bonds. The minimum absolute atomic E-state index is 0.0786. The lowest BCUT2D eigenvalue weighted by Crippen LogP contribution is -2.27. The number of aromatic carboxylic acids is 1. The Morgan fingerprint density at radius 1 is 1.23 bits per heavy atom. The van der Waals surface area contributed by atoms with Gasteiger partial charge in [0.2, 0.25) is 0 Å². The number of aliphatic hydroxyl groups excluding tert-OH is 1. The van der Waals surface area contributed by atoms with Crippen molar-refractivity contribution in [2.45, 2.75) is 12.5 Å². The van der Waals surface area contributed by atoms with Gasteiger partial charge in [0.1, 0.15) is 11.5 Å². The molecular weight excluding hydrogens is 284 g/mol. The normalized spacial score (nSPS) is 20.0. The van der Waals surface area contributed by atoms with Crippen LogP contribution in [0.2, 0.25) is 0 Å². The molecule has 0 unspecified atom stereocenters. The van der Waals surface area contributed by atoms with E-state index in [0.29, 0.717) is 24.3 Å². The third-order valence-electron chi connectivity index (χ3n) is 3.88. The quantitative estimate of drug-likeness (QED) is 0.810. The number of aliphatic hydroxyl groups is 1. The molecule has 22 heavy (non-hydrogen) atoms. The van der Waals surface area contributed by atoms with E-state index in [1.54, 1.807) is 18.2 Å². The van der Waals surface area contributed by atoms with Crippen LogP contribution in [-0.2, 0) is 6.42 Å². The number of carbonyl (C=O) groups is 1. The molecule has 1 aliphatic rings. The summed E-state index contributed by atoms with van der Waals surface area (Å²) in [5.41, 5.74) is 1.61. The second kappa shape index (κ2) is 5.69. The van der Waals surface area contributed by atoms with Gasteiger partial charge in [0.25, 0.3) is 0 Å². The maximum Gasteiger partial charge on any atom is 0.335 e. The van der Waals surface area contributed by atoms with Crippen LogP contribution >= 0.6 is 0 Å². The van der Waals surface area contributed by atoms with E-state index in [1.165, 1.54) is 18.2 Å². The smallest absolute Gasteiger partial charge is 0.335 e. The van der Waals surface area contributed by atoms with Crippen molar-refractivity contribution in [3.63, 3.8) is 0 Å². The number of fused-ring (bicyclic) bond motifs is 1. The summed E-state index contributed by atoms with van der Waals surface area (Å²) in [7, 11) is 0. The van der Waals surface area contributed by atoms with Gasteiger partial charge in [0, 0.05) is 11.5 Å². The van der Waals surface area contributed by atoms with Crippen molar-refractivity contribution in [3.05, 3.63) is 59.2 Å². The van der Waals surface area contributed by atoms with Crippen LogP contribution in [0.1, 0.15) is 27.6 Å². The molecule has 5 heteroatoms. The van der Waals surface area contributed by atoms with Gasteiger partial charge in [0.05, 0.1) is 18.3 Å². The molecule has 3 rings (SSSR count). The molecule has 1 aliphatic heterocycles. The first kappa shape index (κ1) is 14.4. The van der Waals surface area contributed by atoms with Crippen molar-refractivity contribution >= 4 is 5.97 Å². The van der Waals surface area contributed by atoms with E-state index >= 15 is 0 Å². The average molecular weight is 300 g/mol. The monoisotopic (exact) mass is 300 g/mol. The lowest BCUT2D eigenvalue weighted by molar-refractivity contribution is 0.0505. The van der Waals surface area contributed by atoms with Crippen LogP contribution in [0, 0.1) is 5.92 Å². The molecule has 1 heterocycles. The van der Waals surface area contributed by atoms with Gasteiger partial charge in [-0.1, -0.05) is 12.1 Å². The minimum Gasteiger partial charge on any atom is -0.508 e. The number of carboxylic acid groups (broad SMARTS) is 1. The molecule has 2 aromatic carbocycles. The second-order valence-corrected chi connectivity index (χ2v) is 5.45. The maximum atomic E-state index is 11.0. The SMILES string of the molecule is O=C(O)c1cccc(C[C@@H]2COc3ccc(O)cc3[C@@H]2O)c1. The molecule has 0 bridgehead atoms. The standard InChI is InChI=1S/C17H16O5/c18-13-4-5-15-14(8-13)16(19)12(9-22-15)7-10-2-1-3-11(6-10)17(20)21/h1-6,8,12,16,18-19H,7,9H2,(H,20,21)/t12-,16-/m1/s1. The molecule has 114 valence electrons. The van der Waals surface area contributed by atoms with Crippen LogP contribution in [-0.4, -0.2) is 27.9 Å². The van der Waals surface area contributed by atoms with E-state index in [1.807, 2.05) is 6.07 Å². The molecule has 3 N–H and O–H groups in total. The Morgan fingerprint density at radius 3 is 2.82 bits per heavy atom. The van der Waals surface area contributed by atoms with Gasteiger partial charge < -0.3 is 20.1 Å². The first-order valence-corrected chi connectivity index (χ1v) is 7.00. The number of phenols is 1. The van der Waals surface area contributed by atoms with Crippen LogP contribution in [0.5, 0.6) is 11.5 Å². The van der Waals surface area contributed by atoms with E-state index in [-0.39, 0.29) is 17.2 Å². The zero-order valence-electron chi connectivity index (χ0n) is 11.8. The van der Waals surface area contributed by atoms with Gasteiger partial charge in [-0.05, 0) is 42.3 Å². The third kappa shape index (κ3) is 2.76. The lowest BCUT2D eigenvalue weighted by Gasteiger charge is -2.30. The van der Waals surface area contributed by atoms with E-state index in [4.69, 9.17) is 9.84 Å². The number of phenolic OH excluding ortho intramolecular Hbond substituents is 1. The Balaban J connectivity index is 1.82. The molecule has 0 aromatic heterocycles. The highest BCUT2D eigenvalue weighted by Crippen LogP contribution is 2.38. The Bertz CT molecular complexity index is 710. The summed E-state index contributed by atoms with van der Waals surface area (Å²) in [6, 6.07) is 11.3. The fourth-order valence-electron chi connectivity index (χ4n) is 2.74. The zero-order valence-corrected chi connectivity index (χ0v) is 11.8.